The van der Waals surface area contributed by atoms with Gasteiger partial charge in [0.1, 0.15) is 13.2 Å². The minimum atomic E-state index is -0.772. The van der Waals surface area contributed by atoms with Crippen LogP contribution in [0.1, 0.15) is 284 Å². The maximum absolute atomic E-state index is 12.8. The van der Waals surface area contributed by atoms with Gasteiger partial charge in [-0.1, -0.05) is 243 Å². The number of ether oxygens (including phenoxy) is 3. The SMILES string of the molecule is CCCCC/C=C\C/C=C\C/C=C\CCCCCCCCC(=O)OC[C@@H](COC(=O)CCCCCCCCCCCCCC)OC(=O)CCCCCCCCCCCCCCC. The van der Waals surface area contributed by atoms with E-state index < -0.39 is 6.10 Å². The topological polar surface area (TPSA) is 78.9 Å². The molecule has 0 heterocycles. The molecule has 0 spiro atoms. The average molecular weight is 871 g/mol. The third kappa shape index (κ3) is 48.7. The second-order valence-electron chi connectivity index (χ2n) is 18.2. The Balaban J connectivity index is 4.34. The summed E-state index contributed by atoms with van der Waals surface area (Å²) in [6.45, 7) is 6.62. The Bertz CT molecular complexity index is 1050. The largest absolute Gasteiger partial charge is 0.462 e. The van der Waals surface area contributed by atoms with Crippen molar-refractivity contribution < 1.29 is 28.6 Å². The lowest BCUT2D eigenvalue weighted by atomic mass is 10.0. The van der Waals surface area contributed by atoms with Crippen LogP contribution in [-0.4, -0.2) is 37.2 Å². The Morgan fingerprint density at radius 2 is 0.581 bits per heavy atom. The molecule has 6 heteroatoms. The van der Waals surface area contributed by atoms with Crippen LogP contribution in [0.4, 0.5) is 0 Å². The Kier molecular flexibility index (Phi) is 49.3. The van der Waals surface area contributed by atoms with Crippen LogP contribution in [-0.2, 0) is 28.6 Å². The van der Waals surface area contributed by atoms with Crippen LogP contribution in [0.15, 0.2) is 36.5 Å². The molecule has 0 bridgehead atoms. The highest BCUT2D eigenvalue weighted by molar-refractivity contribution is 5.71. The highest BCUT2D eigenvalue weighted by Crippen LogP contribution is 2.16. The third-order valence-electron chi connectivity index (χ3n) is 11.9. The van der Waals surface area contributed by atoms with Crippen LogP contribution < -0.4 is 0 Å². The van der Waals surface area contributed by atoms with E-state index in [2.05, 4.69) is 57.2 Å². The summed E-state index contributed by atoms with van der Waals surface area (Å²) in [5.41, 5.74) is 0. The van der Waals surface area contributed by atoms with E-state index in [0.29, 0.717) is 19.3 Å². The summed E-state index contributed by atoms with van der Waals surface area (Å²) in [5, 5.41) is 0. The molecule has 0 aliphatic rings. The zero-order chi connectivity index (χ0) is 45.1. The maximum atomic E-state index is 12.8. The molecule has 0 fully saturated rings. The maximum Gasteiger partial charge on any atom is 0.306 e. The fraction of sp³-hybridized carbons (Fsp3) is 0.839. The standard InChI is InChI=1S/C56H102O6/c1-4-7-10-13-16-19-22-25-26-27-28-29-30-32-34-37-40-43-46-49-55(58)61-52-53(51-60-54(57)48-45-42-39-36-33-24-21-18-15-12-9-6-3)62-56(59)50-47-44-41-38-35-31-23-20-17-14-11-8-5-2/h16,19,25-26,28-29,53H,4-15,17-18,20-24,27,30-52H2,1-3H3/b19-16-,26-25-,29-28-/t53-/m1/s1. The van der Waals surface area contributed by atoms with Crippen LogP contribution in [0.3, 0.4) is 0 Å². The Morgan fingerprint density at radius 3 is 0.935 bits per heavy atom. The number of hydrogen-bond acceptors (Lipinski definition) is 6. The van der Waals surface area contributed by atoms with Gasteiger partial charge >= 0.3 is 17.9 Å². The predicted octanol–water partition coefficient (Wildman–Crippen LogP) is 17.7. The normalized spacial score (nSPS) is 12.2. The summed E-state index contributed by atoms with van der Waals surface area (Å²) in [5.74, 6) is -0.872. The molecular weight excluding hydrogens is 769 g/mol. The summed E-state index contributed by atoms with van der Waals surface area (Å²) < 4.78 is 16.8. The van der Waals surface area contributed by atoms with Gasteiger partial charge in [-0.05, 0) is 57.8 Å². The smallest absolute Gasteiger partial charge is 0.306 e. The molecule has 0 aromatic rings. The number of hydrogen-bond donors (Lipinski definition) is 0. The Hall–Kier alpha value is -2.37. The van der Waals surface area contributed by atoms with Gasteiger partial charge in [-0.3, -0.25) is 14.4 Å². The Morgan fingerprint density at radius 1 is 0.323 bits per heavy atom. The number of allylic oxidation sites excluding steroid dienone is 6. The number of carbonyl (C=O) groups is 3. The molecule has 6 nitrogen and oxygen atoms in total. The second-order valence-corrected chi connectivity index (χ2v) is 18.2. The molecule has 0 N–H and O–H groups in total. The van der Waals surface area contributed by atoms with Crippen molar-refractivity contribution in [3.8, 4) is 0 Å². The van der Waals surface area contributed by atoms with E-state index in [4.69, 9.17) is 14.2 Å². The third-order valence-corrected chi connectivity index (χ3v) is 11.9. The van der Waals surface area contributed by atoms with Gasteiger partial charge < -0.3 is 14.2 Å². The number of carbonyl (C=O) groups excluding carboxylic acids is 3. The van der Waals surface area contributed by atoms with E-state index in [1.54, 1.807) is 0 Å². The zero-order valence-electron chi connectivity index (χ0n) is 41.4. The molecule has 0 unspecified atom stereocenters. The van der Waals surface area contributed by atoms with Crippen LogP contribution in [0, 0.1) is 0 Å². The van der Waals surface area contributed by atoms with Gasteiger partial charge in [-0.25, -0.2) is 0 Å². The second kappa shape index (κ2) is 51.3. The molecule has 0 aliphatic carbocycles. The minimum Gasteiger partial charge on any atom is -0.462 e. The Labute approximate surface area is 385 Å². The first-order valence-electron chi connectivity index (χ1n) is 27.0. The molecule has 0 amide bonds. The van der Waals surface area contributed by atoms with E-state index in [0.717, 1.165) is 77.0 Å². The van der Waals surface area contributed by atoms with Gasteiger partial charge in [0.25, 0.3) is 0 Å². The fourth-order valence-corrected chi connectivity index (χ4v) is 7.80. The van der Waals surface area contributed by atoms with Crippen molar-refractivity contribution >= 4 is 17.9 Å². The van der Waals surface area contributed by atoms with Crippen molar-refractivity contribution in [1.29, 1.82) is 0 Å². The fourth-order valence-electron chi connectivity index (χ4n) is 7.80. The highest BCUT2D eigenvalue weighted by Gasteiger charge is 2.19. The summed E-state index contributed by atoms with van der Waals surface area (Å²) >= 11 is 0. The van der Waals surface area contributed by atoms with E-state index >= 15 is 0 Å². The molecule has 362 valence electrons. The molecule has 62 heavy (non-hydrogen) atoms. The summed E-state index contributed by atoms with van der Waals surface area (Å²) in [7, 11) is 0. The predicted molar refractivity (Wildman–Crippen MR) is 266 cm³/mol. The molecule has 0 aromatic carbocycles. The van der Waals surface area contributed by atoms with E-state index in [1.807, 2.05) is 0 Å². The van der Waals surface area contributed by atoms with Gasteiger partial charge in [0.15, 0.2) is 6.10 Å². The van der Waals surface area contributed by atoms with Crippen LogP contribution in [0.25, 0.3) is 0 Å². The molecule has 0 aromatic heterocycles. The first-order chi connectivity index (χ1) is 30.5. The molecule has 0 rings (SSSR count). The van der Waals surface area contributed by atoms with Crippen LogP contribution >= 0.6 is 0 Å². The molecule has 0 radical (unpaired) electrons. The summed E-state index contributed by atoms with van der Waals surface area (Å²) in [4.78, 5) is 38.0. The first-order valence-corrected chi connectivity index (χ1v) is 27.0. The lowest BCUT2D eigenvalue weighted by Gasteiger charge is -2.18. The lowest BCUT2D eigenvalue weighted by molar-refractivity contribution is -0.167. The lowest BCUT2D eigenvalue weighted by Crippen LogP contribution is -2.30. The van der Waals surface area contributed by atoms with Crippen LogP contribution in [0.5, 0.6) is 0 Å². The zero-order valence-corrected chi connectivity index (χ0v) is 41.4. The van der Waals surface area contributed by atoms with Gasteiger partial charge in [-0.2, -0.15) is 0 Å². The number of rotatable bonds is 49. The van der Waals surface area contributed by atoms with Gasteiger partial charge in [0.05, 0.1) is 0 Å². The van der Waals surface area contributed by atoms with Gasteiger partial charge in [0, 0.05) is 19.3 Å². The molecule has 1 atom stereocenters. The van der Waals surface area contributed by atoms with Crippen molar-refractivity contribution in [2.24, 2.45) is 0 Å². The van der Waals surface area contributed by atoms with Crippen molar-refractivity contribution in [2.45, 2.75) is 290 Å². The van der Waals surface area contributed by atoms with Crippen molar-refractivity contribution in [3.05, 3.63) is 36.5 Å². The van der Waals surface area contributed by atoms with Gasteiger partial charge in [-0.15, -0.1) is 0 Å². The van der Waals surface area contributed by atoms with Crippen molar-refractivity contribution in [3.63, 3.8) is 0 Å². The average Bonchev–Trinajstić information content (AvgIpc) is 3.27. The van der Waals surface area contributed by atoms with Crippen molar-refractivity contribution in [2.75, 3.05) is 13.2 Å². The van der Waals surface area contributed by atoms with Gasteiger partial charge in [0.2, 0.25) is 0 Å². The monoisotopic (exact) mass is 871 g/mol. The number of unbranched alkanes of at least 4 members (excludes halogenated alkanes) is 32. The van der Waals surface area contributed by atoms with E-state index in [1.165, 1.54) is 167 Å². The number of esters is 3. The highest BCUT2D eigenvalue weighted by atomic mass is 16.6. The van der Waals surface area contributed by atoms with Crippen LogP contribution in [0.2, 0.25) is 0 Å². The van der Waals surface area contributed by atoms with E-state index in [-0.39, 0.29) is 31.1 Å². The molecule has 0 aliphatic heterocycles. The first kappa shape index (κ1) is 59.6. The quantitative estimate of drug-likeness (QED) is 0.0262. The van der Waals surface area contributed by atoms with E-state index in [9.17, 15) is 14.4 Å². The molecule has 0 saturated heterocycles. The minimum absolute atomic E-state index is 0.0720. The van der Waals surface area contributed by atoms with Crippen molar-refractivity contribution in [1.82, 2.24) is 0 Å². The summed E-state index contributed by atoms with van der Waals surface area (Å²) in [6, 6.07) is 0. The molecule has 0 saturated carbocycles. The summed E-state index contributed by atoms with van der Waals surface area (Å²) in [6.07, 6.45) is 59.8. The molecular formula is C56H102O6.